The predicted molar refractivity (Wildman–Crippen MR) is 91.5 cm³/mol. The SMILES string of the molecule is CNC[C@H](O)[C@@H](c1cccc(F)c1)c1c[nH]c2ccc(Cl)cc12. The first-order chi connectivity index (χ1) is 11.1. The van der Waals surface area contributed by atoms with Crippen LogP contribution in [0.3, 0.4) is 0 Å². The van der Waals surface area contributed by atoms with Crippen molar-refractivity contribution in [2.24, 2.45) is 0 Å². The summed E-state index contributed by atoms with van der Waals surface area (Å²) in [6.07, 6.45) is 1.16. The molecule has 5 heteroatoms. The van der Waals surface area contributed by atoms with Crippen molar-refractivity contribution in [1.29, 1.82) is 0 Å². The van der Waals surface area contributed by atoms with Crippen molar-refractivity contribution in [3.63, 3.8) is 0 Å². The number of aliphatic hydroxyl groups is 1. The Morgan fingerprint density at radius 2 is 2.09 bits per heavy atom. The highest BCUT2D eigenvalue weighted by Crippen LogP contribution is 2.34. The first kappa shape index (κ1) is 16.0. The minimum atomic E-state index is -0.695. The third kappa shape index (κ3) is 3.24. The van der Waals surface area contributed by atoms with Crippen LogP contribution in [-0.4, -0.2) is 29.8 Å². The van der Waals surface area contributed by atoms with E-state index in [1.165, 1.54) is 12.1 Å². The molecule has 0 unspecified atom stereocenters. The Morgan fingerprint density at radius 1 is 1.26 bits per heavy atom. The second kappa shape index (κ2) is 6.71. The largest absolute Gasteiger partial charge is 0.391 e. The van der Waals surface area contributed by atoms with Gasteiger partial charge in [0.1, 0.15) is 5.82 Å². The van der Waals surface area contributed by atoms with Crippen LogP contribution >= 0.6 is 11.6 Å². The van der Waals surface area contributed by atoms with Gasteiger partial charge in [0.15, 0.2) is 0 Å². The smallest absolute Gasteiger partial charge is 0.123 e. The molecular weight excluding hydrogens is 315 g/mol. The molecule has 2 aromatic carbocycles. The van der Waals surface area contributed by atoms with Crippen LogP contribution < -0.4 is 5.32 Å². The van der Waals surface area contributed by atoms with Gasteiger partial charge in [0.2, 0.25) is 0 Å². The Hall–Kier alpha value is -1.88. The summed E-state index contributed by atoms with van der Waals surface area (Å²) >= 11 is 6.12. The molecule has 0 aliphatic carbocycles. The number of benzene rings is 2. The van der Waals surface area contributed by atoms with Gasteiger partial charge in [0, 0.05) is 34.6 Å². The third-order valence-corrected chi connectivity index (χ3v) is 4.25. The molecule has 0 radical (unpaired) electrons. The molecule has 0 spiro atoms. The van der Waals surface area contributed by atoms with Gasteiger partial charge in [0.25, 0.3) is 0 Å². The number of fused-ring (bicyclic) bond motifs is 1. The highest BCUT2D eigenvalue weighted by atomic mass is 35.5. The average molecular weight is 333 g/mol. The van der Waals surface area contributed by atoms with Gasteiger partial charge in [-0.25, -0.2) is 4.39 Å². The van der Waals surface area contributed by atoms with Crippen molar-refractivity contribution >= 4 is 22.5 Å². The first-order valence-electron chi connectivity index (χ1n) is 7.45. The summed E-state index contributed by atoms with van der Waals surface area (Å²) in [5, 5.41) is 15.2. The highest BCUT2D eigenvalue weighted by molar-refractivity contribution is 6.31. The summed E-state index contributed by atoms with van der Waals surface area (Å²) in [6, 6.07) is 11.9. The minimum Gasteiger partial charge on any atom is -0.391 e. The summed E-state index contributed by atoms with van der Waals surface area (Å²) in [7, 11) is 1.78. The van der Waals surface area contributed by atoms with Crippen molar-refractivity contribution in [2.45, 2.75) is 12.0 Å². The van der Waals surface area contributed by atoms with Crippen LogP contribution in [0, 0.1) is 5.82 Å². The molecule has 0 saturated heterocycles. The molecule has 1 aromatic heterocycles. The number of hydrogen-bond acceptors (Lipinski definition) is 2. The molecule has 0 aliphatic heterocycles. The summed E-state index contributed by atoms with van der Waals surface area (Å²) in [4.78, 5) is 3.19. The van der Waals surface area contributed by atoms with E-state index in [0.29, 0.717) is 11.6 Å². The van der Waals surface area contributed by atoms with E-state index in [9.17, 15) is 9.50 Å². The fourth-order valence-electron chi connectivity index (χ4n) is 3.01. The zero-order valence-corrected chi connectivity index (χ0v) is 13.4. The molecule has 0 saturated carbocycles. The number of likely N-dealkylation sites (N-methyl/N-ethyl adjacent to an activating group) is 1. The quantitative estimate of drug-likeness (QED) is 0.667. The Morgan fingerprint density at radius 3 is 2.83 bits per heavy atom. The summed E-state index contributed by atoms with van der Waals surface area (Å²) < 4.78 is 13.7. The number of aliphatic hydroxyl groups excluding tert-OH is 1. The van der Waals surface area contributed by atoms with E-state index in [-0.39, 0.29) is 11.7 Å². The normalized spacial score (nSPS) is 14.1. The number of aromatic nitrogens is 1. The zero-order chi connectivity index (χ0) is 16.4. The first-order valence-corrected chi connectivity index (χ1v) is 7.82. The monoisotopic (exact) mass is 332 g/mol. The van der Waals surface area contributed by atoms with Gasteiger partial charge in [0.05, 0.1) is 6.10 Å². The predicted octanol–water partition coefficient (Wildman–Crippen LogP) is 3.67. The molecule has 0 aliphatic rings. The summed E-state index contributed by atoms with van der Waals surface area (Å²) in [6.45, 7) is 0.397. The number of H-pyrrole nitrogens is 1. The van der Waals surface area contributed by atoms with Crippen molar-refractivity contribution in [3.8, 4) is 0 Å². The van der Waals surface area contributed by atoms with Crippen LogP contribution in [0.25, 0.3) is 10.9 Å². The van der Waals surface area contributed by atoms with Crippen LogP contribution in [0.2, 0.25) is 5.02 Å². The van der Waals surface area contributed by atoms with Crippen molar-refractivity contribution < 1.29 is 9.50 Å². The summed E-state index contributed by atoms with van der Waals surface area (Å²) in [5.41, 5.74) is 2.56. The number of aromatic amines is 1. The molecule has 3 nitrogen and oxygen atoms in total. The Bertz CT molecular complexity index is 818. The molecule has 120 valence electrons. The standard InChI is InChI=1S/C18H18ClFN2O/c1-21-10-17(23)18(11-3-2-4-13(20)7-11)15-9-22-16-6-5-12(19)8-14(15)16/h2-9,17-18,21-23H,10H2,1H3/t17-,18-/m0/s1. The van der Waals surface area contributed by atoms with Gasteiger partial charge in [-0.2, -0.15) is 0 Å². The lowest BCUT2D eigenvalue weighted by atomic mass is 9.86. The fourth-order valence-corrected chi connectivity index (χ4v) is 3.18. The number of nitrogens with one attached hydrogen (secondary N) is 2. The summed E-state index contributed by atoms with van der Waals surface area (Å²) in [5.74, 6) is -0.674. The van der Waals surface area contributed by atoms with E-state index >= 15 is 0 Å². The van der Waals surface area contributed by atoms with Crippen LogP contribution in [0.4, 0.5) is 4.39 Å². The minimum absolute atomic E-state index is 0.318. The van der Waals surface area contributed by atoms with E-state index < -0.39 is 6.10 Å². The van der Waals surface area contributed by atoms with Crippen LogP contribution in [0.1, 0.15) is 17.0 Å². The molecular formula is C18H18ClFN2O. The molecule has 0 fully saturated rings. The molecule has 1 heterocycles. The Balaban J connectivity index is 2.15. The second-order valence-electron chi connectivity index (χ2n) is 5.59. The highest BCUT2D eigenvalue weighted by Gasteiger charge is 2.25. The van der Waals surface area contributed by atoms with E-state index in [1.54, 1.807) is 13.1 Å². The van der Waals surface area contributed by atoms with Crippen LogP contribution in [0.5, 0.6) is 0 Å². The van der Waals surface area contributed by atoms with E-state index in [0.717, 1.165) is 22.0 Å². The zero-order valence-electron chi connectivity index (χ0n) is 12.7. The number of halogens is 2. The lowest BCUT2D eigenvalue weighted by Crippen LogP contribution is -2.30. The molecule has 23 heavy (non-hydrogen) atoms. The fraction of sp³-hybridized carbons (Fsp3) is 0.222. The van der Waals surface area contributed by atoms with E-state index in [4.69, 9.17) is 11.6 Å². The maximum absolute atomic E-state index is 13.7. The molecule has 2 atom stereocenters. The van der Waals surface area contributed by atoms with Gasteiger partial charge in [-0.3, -0.25) is 0 Å². The maximum atomic E-state index is 13.7. The topological polar surface area (TPSA) is 48.0 Å². The number of hydrogen-bond donors (Lipinski definition) is 3. The molecule has 3 N–H and O–H groups in total. The molecule has 3 rings (SSSR count). The van der Waals surface area contributed by atoms with Crippen molar-refractivity contribution in [3.05, 3.63) is 70.6 Å². The van der Waals surface area contributed by atoms with Crippen LogP contribution in [-0.2, 0) is 0 Å². The van der Waals surface area contributed by atoms with Crippen molar-refractivity contribution in [1.82, 2.24) is 10.3 Å². The van der Waals surface area contributed by atoms with Gasteiger partial charge < -0.3 is 15.4 Å². The molecule has 0 bridgehead atoms. The van der Waals surface area contributed by atoms with Crippen LogP contribution in [0.15, 0.2) is 48.7 Å². The Kier molecular flexibility index (Phi) is 4.66. The van der Waals surface area contributed by atoms with E-state index in [2.05, 4.69) is 10.3 Å². The van der Waals surface area contributed by atoms with Gasteiger partial charge >= 0.3 is 0 Å². The average Bonchev–Trinajstić information content (AvgIpc) is 2.91. The lowest BCUT2D eigenvalue weighted by molar-refractivity contribution is 0.157. The third-order valence-electron chi connectivity index (χ3n) is 4.02. The number of rotatable bonds is 5. The van der Waals surface area contributed by atoms with Gasteiger partial charge in [-0.1, -0.05) is 23.7 Å². The maximum Gasteiger partial charge on any atom is 0.123 e. The van der Waals surface area contributed by atoms with E-state index in [1.807, 2.05) is 30.5 Å². The second-order valence-corrected chi connectivity index (χ2v) is 6.03. The van der Waals surface area contributed by atoms with Crippen molar-refractivity contribution in [2.75, 3.05) is 13.6 Å². The lowest BCUT2D eigenvalue weighted by Gasteiger charge is -2.23. The molecule has 3 aromatic rings. The van der Waals surface area contributed by atoms with Gasteiger partial charge in [-0.05, 0) is 48.5 Å². The van der Waals surface area contributed by atoms with Gasteiger partial charge in [-0.15, -0.1) is 0 Å². The molecule has 0 amide bonds. The Labute approximate surface area is 139 Å².